The van der Waals surface area contributed by atoms with Crippen molar-refractivity contribution in [3.8, 4) is 5.75 Å². The second-order valence-electron chi connectivity index (χ2n) is 3.58. The SMILES string of the molecule is COc1ccc(CC(=O)c2ccsc2)cc1F. The number of hydrogen-bond donors (Lipinski definition) is 0. The van der Waals surface area contributed by atoms with Crippen LogP contribution in [0.25, 0.3) is 0 Å². The van der Waals surface area contributed by atoms with Crippen LogP contribution in [0.1, 0.15) is 15.9 Å². The van der Waals surface area contributed by atoms with Crippen molar-refractivity contribution in [3.63, 3.8) is 0 Å². The van der Waals surface area contributed by atoms with Gasteiger partial charge in [0.15, 0.2) is 17.3 Å². The van der Waals surface area contributed by atoms with Crippen LogP contribution < -0.4 is 4.74 Å². The molecular weight excluding hydrogens is 239 g/mol. The quantitative estimate of drug-likeness (QED) is 0.778. The second-order valence-corrected chi connectivity index (χ2v) is 4.36. The van der Waals surface area contributed by atoms with Crippen LogP contribution in [0.4, 0.5) is 4.39 Å². The Morgan fingerprint density at radius 3 is 2.82 bits per heavy atom. The van der Waals surface area contributed by atoms with Crippen molar-refractivity contribution >= 4 is 17.1 Å². The Labute approximate surface area is 103 Å². The lowest BCUT2D eigenvalue weighted by Crippen LogP contribution is -2.02. The van der Waals surface area contributed by atoms with Crippen LogP contribution in [0.2, 0.25) is 0 Å². The molecule has 0 fully saturated rings. The number of methoxy groups -OCH3 is 1. The van der Waals surface area contributed by atoms with E-state index >= 15 is 0 Å². The monoisotopic (exact) mass is 250 g/mol. The molecule has 1 aromatic heterocycles. The number of carbonyl (C=O) groups is 1. The molecule has 2 rings (SSSR count). The van der Waals surface area contributed by atoms with Gasteiger partial charge in [0.05, 0.1) is 7.11 Å². The van der Waals surface area contributed by atoms with Crippen molar-refractivity contribution in [3.05, 3.63) is 52.0 Å². The van der Waals surface area contributed by atoms with E-state index in [0.717, 1.165) is 0 Å². The fourth-order valence-electron chi connectivity index (χ4n) is 1.53. The molecule has 2 aromatic rings. The van der Waals surface area contributed by atoms with Gasteiger partial charge in [-0.1, -0.05) is 6.07 Å². The molecule has 17 heavy (non-hydrogen) atoms. The molecule has 0 amide bonds. The van der Waals surface area contributed by atoms with Crippen LogP contribution in [0.15, 0.2) is 35.0 Å². The number of benzene rings is 1. The minimum Gasteiger partial charge on any atom is -0.494 e. The van der Waals surface area contributed by atoms with E-state index < -0.39 is 5.82 Å². The highest BCUT2D eigenvalue weighted by Gasteiger charge is 2.09. The molecule has 1 heterocycles. The third-order valence-corrected chi connectivity index (χ3v) is 3.11. The van der Waals surface area contributed by atoms with Crippen molar-refractivity contribution < 1.29 is 13.9 Å². The molecule has 88 valence electrons. The average Bonchev–Trinajstić information content (AvgIpc) is 2.82. The predicted molar refractivity (Wildman–Crippen MR) is 65.3 cm³/mol. The fraction of sp³-hybridized carbons (Fsp3) is 0.154. The number of thiophene rings is 1. The molecule has 0 bridgehead atoms. The lowest BCUT2D eigenvalue weighted by Gasteiger charge is -2.04. The van der Waals surface area contributed by atoms with E-state index in [-0.39, 0.29) is 18.0 Å². The molecule has 0 unspecified atom stereocenters. The number of Topliss-reactive ketones (excluding diaryl/α,β-unsaturated/α-hetero) is 1. The molecule has 2 nitrogen and oxygen atoms in total. The van der Waals surface area contributed by atoms with E-state index in [1.807, 2.05) is 5.38 Å². The molecule has 0 aliphatic heterocycles. The van der Waals surface area contributed by atoms with E-state index in [0.29, 0.717) is 11.1 Å². The molecule has 0 saturated heterocycles. The Hall–Kier alpha value is -1.68. The number of rotatable bonds is 4. The van der Waals surface area contributed by atoms with E-state index in [4.69, 9.17) is 4.74 Å². The Kier molecular flexibility index (Phi) is 3.54. The fourth-order valence-corrected chi connectivity index (χ4v) is 2.19. The number of hydrogen-bond acceptors (Lipinski definition) is 3. The summed E-state index contributed by atoms with van der Waals surface area (Å²) in [6.07, 6.45) is 0.206. The summed E-state index contributed by atoms with van der Waals surface area (Å²) in [6, 6.07) is 6.34. The maximum atomic E-state index is 13.4. The van der Waals surface area contributed by atoms with Gasteiger partial charge in [-0.3, -0.25) is 4.79 Å². The summed E-state index contributed by atoms with van der Waals surface area (Å²) in [6.45, 7) is 0. The normalized spacial score (nSPS) is 10.2. The lowest BCUT2D eigenvalue weighted by atomic mass is 10.1. The molecule has 0 aliphatic rings. The highest BCUT2D eigenvalue weighted by Crippen LogP contribution is 2.19. The Balaban J connectivity index is 2.14. The largest absolute Gasteiger partial charge is 0.494 e. The zero-order chi connectivity index (χ0) is 12.3. The summed E-state index contributed by atoms with van der Waals surface area (Å²) < 4.78 is 18.2. The molecular formula is C13H11FO2S. The summed E-state index contributed by atoms with van der Waals surface area (Å²) in [7, 11) is 1.41. The number of ketones is 1. The maximum Gasteiger partial charge on any atom is 0.168 e. The van der Waals surface area contributed by atoms with E-state index in [1.165, 1.54) is 30.6 Å². The topological polar surface area (TPSA) is 26.3 Å². The standard InChI is InChI=1S/C13H11FO2S/c1-16-13-3-2-9(6-11(13)14)7-12(15)10-4-5-17-8-10/h2-6,8H,7H2,1H3. The molecule has 1 aromatic carbocycles. The summed E-state index contributed by atoms with van der Waals surface area (Å²) in [5.41, 5.74) is 1.32. The van der Waals surface area contributed by atoms with Crippen LogP contribution in [-0.2, 0) is 6.42 Å². The van der Waals surface area contributed by atoms with Gasteiger partial charge in [0.2, 0.25) is 0 Å². The van der Waals surface area contributed by atoms with Gasteiger partial charge in [0.25, 0.3) is 0 Å². The van der Waals surface area contributed by atoms with Crippen LogP contribution in [0.3, 0.4) is 0 Å². The van der Waals surface area contributed by atoms with Gasteiger partial charge in [0.1, 0.15) is 0 Å². The van der Waals surface area contributed by atoms with Crippen molar-refractivity contribution in [2.24, 2.45) is 0 Å². The first-order valence-electron chi connectivity index (χ1n) is 5.08. The molecule has 0 radical (unpaired) electrons. The van der Waals surface area contributed by atoms with Crippen molar-refractivity contribution in [1.29, 1.82) is 0 Å². The molecule has 0 aliphatic carbocycles. The van der Waals surface area contributed by atoms with E-state index in [2.05, 4.69) is 0 Å². The third-order valence-electron chi connectivity index (χ3n) is 2.42. The Bertz CT molecular complexity index is 520. The van der Waals surface area contributed by atoms with Crippen molar-refractivity contribution in [1.82, 2.24) is 0 Å². The summed E-state index contributed by atoms with van der Waals surface area (Å²) >= 11 is 1.47. The number of carbonyl (C=O) groups excluding carboxylic acids is 1. The van der Waals surface area contributed by atoms with Crippen LogP contribution in [0, 0.1) is 5.82 Å². The zero-order valence-electron chi connectivity index (χ0n) is 9.27. The average molecular weight is 250 g/mol. The van der Waals surface area contributed by atoms with Gasteiger partial charge in [-0.25, -0.2) is 4.39 Å². The number of ether oxygens (including phenoxy) is 1. The van der Waals surface area contributed by atoms with Gasteiger partial charge in [-0.05, 0) is 29.1 Å². The summed E-state index contributed by atoms with van der Waals surface area (Å²) in [5.74, 6) is -0.254. The molecule has 0 spiro atoms. The molecule has 4 heteroatoms. The number of halogens is 1. The van der Waals surface area contributed by atoms with Crippen LogP contribution in [0.5, 0.6) is 5.75 Å². The van der Waals surface area contributed by atoms with Gasteiger partial charge in [-0.2, -0.15) is 11.3 Å². The minimum absolute atomic E-state index is 0.00387. The minimum atomic E-state index is -0.442. The van der Waals surface area contributed by atoms with E-state index in [9.17, 15) is 9.18 Å². The first kappa shape index (κ1) is 11.8. The maximum absolute atomic E-state index is 13.4. The van der Waals surface area contributed by atoms with Gasteiger partial charge in [0, 0.05) is 17.4 Å². The smallest absolute Gasteiger partial charge is 0.168 e. The van der Waals surface area contributed by atoms with Gasteiger partial charge in [-0.15, -0.1) is 0 Å². The van der Waals surface area contributed by atoms with Crippen molar-refractivity contribution in [2.45, 2.75) is 6.42 Å². The Morgan fingerprint density at radius 1 is 1.41 bits per heavy atom. The Morgan fingerprint density at radius 2 is 2.24 bits per heavy atom. The first-order chi connectivity index (χ1) is 8.20. The summed E-state index contributed by atoms with van der Waals surface area (Å²) in [4.78, 5) is 11.8. The second kappa shape index (κ2) is 5.10. The molecule has 0 saturated carbocycles. The van der Waals surface area contributed by atoms with Crippen molar-refractivity contribution in [2.75, 3.05) is 7.11 Å². The lowest BCUT2D eigenvalue weighted by molar-refractivity contribution is 0.0993. The third kappa shape index (κ3) is 2.71. The van der Waals surface area contributed by atoms with E-state index in [1.54, 1.807) is 17.5 Å². The molecule has 0 atom stereocenters. The zero-order valence-corrected chi connectivity index (χ0v) is 10.1. The summed E-state index contributed by atoms with van der Waals surface area (Å²) in [5, 5.41) is 3.64. The highest BCUT2D eigenvalue weighted by molar-refractivity contribution is 7.08. The highest BCUT2D eigenvalue weighted by atomic mass is 32.1. The van der Waals surface area contributed by atoms with Crippen LogP contribution in [-0.4, -0.2) is 12.9 Å². The van der Waals surface area contributed by atoms with Crippen LogP contribution >= 0.6 is 11.3 Å². The molecule has 0 N–H and O–H groups in total. The first-order valence-corrected chi connectivity index (χ1v) is 6.03. The van der Waals surface area contributed by atoms with Gasteiger partial charge >= 0.3 is 0 Å². The van der Waals surface area contributed by atoms with Gasteiger partial charge < -0.3 is 4.74 Å². The predicted octanol–water partition coefficient (Wildman–Crippen LogP) is 3.32.